The van der Waals surface area contributed by atoms with Gasteiger partial charge >= 0.3 is 0 Å². The summed E-state index contributed by atoms with van der Waals surface area (Å²) in [5.74, 6) is 2.67. The third kappa shape index (κ3) is 9.76. The second-order valence-corrected chi connectivity index (χ2v) is 8.40. The highest BCUT2D eigenvalue weighted by molar-refractivity contribution is 5.80. The van der Waals surface area contributed by atoms with Crippen LogP contribution in [0.15, 0.2) is 27.8 Å². The largest absolute Gasteiger partial charge is 0.469 e. The molecule has 1 saturated heterocycles. The van der Waals surface area contributed by atoms with Gasteiger partial charge in [0.1, 0.15) is 5.76 Å². The first kappa shape index (κ1) is 25.2. The Bertz CT molecular complexity index is 625. The Kier molecular flexibility index (Phi) is 12.1. The van der Waals surface area contributed by atoms with Crippen LogP contribution in [0.25, 0.3) is 0 Å². The van der Waals surface area contributed by atoms with Gasteiger partial charge in [0.2, 0.25) is 5.91 Å². The van der Waals surface area contributed by atoms with E-state index in [2.05, 4.69) is 24.5 Å². The van der Waals surface area contributed by atoms with Crippen molar-refractivity contribution < 1.29 is 13.9 Å². The van der Waals surface area contributed by atoms with Gasteiger partial charge in [-0.25, -0.2) is 0 Å². The molecule has 1 aromatic rings. The van der Waals surface area contributed by atoms with Crippen LogP contribution in [-0.2, 0) is 16.0 Å². The number of aliphatic imine (C=N–C) groups is 1. The van der Waals surface area contributed by atoms with Crippen LogP contribution in [0, 0.1) is 5.92 Å². The fourth-order valence-electron chi connectivity index (χ4n) is 3.86. The number of hydrogen-bond acceptors (Lipinski definition) is 4. The van der Waals surface area contributed by atoms with Crippen molar-refractivity contribution in [3.63, 3.8) is 0 Å². The molecule has 0 spiro atoms. The van der Waals surface area contributed by atoms with E-state index >= 15 is 0 Å². The second-order valence-electron chi connectivity index (χ2n) is 8.40. The number of methoxy groups -OCH3 is 1. The van der Waals surface area contributed by atoms with Crippen LogP contribution in [0.1, 0.15) is 64.6 Å². The van der Waals surface area contributed by atoms with Crippen LogP contribution in [-0.4, -0.2) is 62.7 Å². The minimum Gasteiger partial charge on any atom is -0.469 e. The van der Waals surface area contributed by atoms with Crippen LogP contribution in [0.4, 0.5) is 0 Å². The SMILES string of the molecule is CCCCC(CC)CN=C(NCCc1ccco1)NC1CCN(C(=O)CCOC)CC1. The number of guanidine groups is 1. The number of carbonyl (C=O) groups is 1. The molecule has 31 heavy (non-hydrogen) atoms. The molecule has 1 aromatic heterocycles. The van der Waals surface area contributed by atoms with Gasteiger partial charge in [-0.3, -0.25) is 9.79 Å². The summed E-state index contributed by atoms with van der Waals surface area (Å²) in [6.45, 7) is 8.18. The first-order valence-corrected chi connectivity index (χ1v) is 12.0. The summed E-state index contributed by atoms with van der Waals surface area (Å²) < 4.78 is 10.5. The minimum absolute atomic E-state index is 0.187. The van der Waals surface area contributed by atoms with Crippen molar-refractivity contribution in [3.8, 4) is 0 Å². The van der Waals surface area contributed by atoms with Gasteiger partial charge in [0, 0.05) is 45.8 Å². The molecule has 1 atom stereocenters. The van der Waals surface area contributed by atoms with Gasteiger partial charge in [0.15, 0.2) is 5.96 Å². The van der Waals surface area contributed by atoms with Crippen molar-refractivity contribution in [2.45, 2.75) is 71.3 Å². The third-order valence-corrected chi connectivity index (χ3v) is 6.00. The number of ether oxygens (including phenoxy) is 1. The summed E-state index contributed by atoms with van der Waals surface area (Å²) in [4.78, 5) is 19.1. The molecule has 7 heteroatoms. The number of hydrogen-bond donors (Lipinski definition) is 2. The molecule has 176 valence electrons. The molecule has 7 nitrogen and oxygen atoms in total. The van der Waals surface area contributed by atoms with E-state index in [1.807, 2.05) is 17.0 Å². The predicted molar refractivity (Wildman–Crippen MR) is 125 cm³/mol. The molecule has 1 aliphatic rings. The van der Waals surface area contributed by atoms with Crippen molar-refractivity contribution in [2.24, 2.45) is 10.9 Å². The zero-order chi connectivity index (χ0) is 22.3. The number of amides is 1. The van der Waals surface area contributed by atoms with E-state index in [1.54, 1.807) is 13.4 Å². The Morgan fingerprint density at radius 2 is 2.16 bits per heavy atom. The second kappa shape index (κ2) is 14.9. The average Bonchev–Trinajstić information content (AvgIpc) is 3.31. The number of carbonyl (C=O) groups excluding carboxylic acids is 1. The van der Waals surface area contributed by atoms with Crippen molar-refractivity contribution in [1.82, 2.24) is 15.5 Å². The molecular formula is C24H42N4O3. The molecule has 1 amide bonds. The van der Waals surface area contributed by atoms with Gasteiger partial charge in [-0.2, -0.15) is 0 Å². The summed E-state index contributed by atoms with van der Waals surface area (Å²) in [7, 11) is 1.63. The lowest BCUT2D eigenvalue weighted by Crippen LogP contribution is -2.50. The standard InChI is InChI=1S/C24H42N4O3/c1-4-6-8-20(5-2)19-26-24(25-14-10-22-9-7-17-31-22)27-21-11-15-28(16-12-21)23(29)13-18-30-3/h7,9,17,20-21H,4-6,8,10-16,18-19H2,1-3H3,(H2,25,26,27). The number of furan rings is 1. The Labute approximate surface area is 188 Å². The number of rotatable bonds is 13. The molecule has 2 heterocycles. The molecule has 1 fully saturated rings. The number of likely N-dealkylation sites (tertiary alicyclic amines) is 1. The molecule has 1 aliphatic heterocycles. The van der Waals surface area contributed by atoms with Gasteiger partial charge in [0.05, 0.1) is 19.3 Å². The number of unbranched alkanes of at least 4 members (excludes halogenated alkanes) is 1. The summed E-state index contributed by atoms with van der Waals surface area (Å²) in [6.07, 6.45) is 9.76. The molecule has 0 aliphatic carbocycles. The van der Waals surface area contributed by atoms with Crippen LogP contribution in [0.5, 0.6) is 0 Å². The quantitative estimate of drug-likeness (QED) is 0.366. The summed E-state index contributed by atoms with van der Waals surface area (Å²) in [5.41, 5.74) is 0. The third-order valence-electron chi connectivity index (χ3n) is 6.00. The fourth-order valence-corrected chi connectivity index (χ4v) is 3.86. The Hall–Kier alpha value is -2.02. The van der Waals surface area contributed by atoms with Crippen LogP contribution in [0.3, 0.4) is 0 Å². The smallest absolute Gasteiger partial charge is 0.224 e. The van der Waals surface area contributed by atoms with E-state index in [1.165, 1.54) is 19.3 Å². The summed E-state index contributed by atoms with van der Waals surface area (Å²) >= 11 is 0. The molecule has 1 unspecified atom stereocenters. The maximum atomic E-state index is 12.2. The van der Waals surface area contributed by atoms with Crippen molar-refractivity contribution in [3.05, 3.63) is 24.2 Å². The van der Waals surface area contributed by atoms with Crippen LogP contribution in [0.2, 0.25) is 0 Å². The number of piperidine rings is 1. The maximum Gasteiger partial charge on any atom is 0.224 e. The van der Waals surface area contributed by atoms with E-state index in [0.29, 0.717) is 25.0 Å². The predicted octanol–water partition coefficient (Wildman–Crippen LogP) is 3.60. The molecule has 0 aromatic carbocycles. The maximum absolute atomic E-state index is 12.2. The minimum atomic E-state index is 0.187. The van der Waals surface area contributed by atoms with Gasteiger partial charge in [-0.1, -0.05) is 33.1 Å². The highest BCUT2D eigenvalue weighted by Crippen LogP contribution is 2.14. The van der Waals surface area contributed by atoms with Crippen LogP contribution >= 0.6 is 0 Å². The first-order valence-electron chi connectivity index (χ1n) is 12.0. The lowest BCUT2D eigenvalue weighted by atomic mass is 10.00. The number of nitrogens with one attached hydrogen (secondary N) is 2. The lowest BCUT2D eigenvalue weighted by molar-refractivity contribution is -0.133. The average molecular weight is 435 g/mol. The van der Waals surface area contributed by atoms with E-state index in [9.17, 15) is 4.79 Å². The van der Waals surface area contributed by atoms with Gasteiger partial charge < -0.3 is 24.7 Å². The van der Waals surface area contributed by atoms with E-state index in [0.717, 1.165) is 63.6 Å². The molecule has 2 rings (SSSR count). The molecule has 0 bridgehead atoms. The fraction of sp³-hybridized carbons (Fsp3) is 0.750. The topological polar surface area (TPSA) is 79.1 Å². The summed E-state index contributed by atoms with van der Waals surface area (Å²) in [5, 5.41) is 7.10. The Morgan fingerprint density at radius 1 is 1.35 bits per heavy atom. The lowest BCUT2D eigenvalue weighted by Gasteiger charge is -2.33. The van der Waals surface area contributed by atoms with E-state index < -0.39 is 0 Å². The van der Waals surface area contributed by atoms with Crippen molar-refractivity contribution in [1.29, 1.82) is 0 Å². The Balaban J connectivity index is 1.86. The van der Waals surface area contributed by atoms with Crippen LogP contribution < -0.4 is 10.6 Å². The normalized spacial score (nSPS) is 16.4. The zero-order valence-electron chi connectivity index (χ0n) is 19.7. The highest BCUT2D eigenvalue weighted by atomic mass is 16.5. The number of nitrogens with zero attached hydrogens (tertiary/aromatic N) is 2. The van der Waals surface area contributed by atoms with Gasteiger partial charge in [0.25, 0.3) is 0 Å². The zero-order valence-corrected chi connectivity index (χ0v) is 19.7. The van der Waals surface area contributed by atoms with Crippen molar-refractivity contribution in [2.75, 3.05) is 39.9 Å². The Morgan fingerprint density at radius 3 is 2.81 bits per heavy atom. The summed E-state index contributed by atoms with van der Waals surface area (Å²) in [6, 6.07) is 4.25. The molecule has 0 saturated carbocycles. The first-order chi connectivity index (χ1) is 15.2. The van der Waals surface area contributed by atoms with E-state index in [4.69, 9.17) is 14.1 Å². The van der Waals surface area contributed by atoms with E-state index in [-0.39, 0.29) is 5.91 Å². The molecule has 0 radical (unpaired) electrons. The van der Waals surface area contributed by atoms with Gasteiger partial charge in [-0.05, 0) is 37.3 Å². The molecule has 2 N–H and O–H groups in total. The molecular weight excluding hydrogens is 392 g/mol. The van der Waals surface area contributed by atoms with Crippen molar-refractivity contribution >= 4 is 11.9 Å². The highest BCUT2D eigenvalue weighted by Gasteiger charge is 2.23. The van der Waals surface area contributed by atoms with Gasteiger partial charge in [-0.15, -0.1) is 0 Å². The monoisotopic (exact) mass is 434 g/mol.